The van der Waals surface area contributed by atoms with Crippen molar-refractivity contribution in [1.82, 2.24) is 9.97 Å². The molecule has 1 amide bonds. The predicted molar refractivity (Wildman–Crippen MR) is 68.9 cm³/mol. The van der Waals surface area contributed by atoms with E-state index in [1.807, 2.05) is 6.92 Å². The van der Waals surface area contributed by atoms with Gasteiger partial charge in [-0.05, 0) is 47.1 Å². The third-order valence-electron chi connectivity index (χ3n) is 2.13. The van der Waals surface area contributed by atoms with E-state index in [0.717, 1.165) is 5.69 Å². The van der Waals surface area contributed by atoms with E-state index < -0.39 is 0 Å². The molecule has 17 heavy (non-hydrogen) atoms. The lowest BCUT2D eigenvalue weighted by molar-refractivity contribution is 0.102. The van der Waals surface area contributed by atoms with Gasteiger partial charge in [-0.2, -0.15) is 0 Å². The van der Waals surface area contributed by atoms with Crippen molar-refractivity contribution in [2.45, 2.75) is 6.92 Å². The minimum Gasteiger partial charge on any atom is -0.320 e. The van der Waals surface area contributed by atoms with Crippen LogP contribution in [-0.2, 0) is 0 Å². The Balaban J connectivity index is 2.20. The molecular formula is C12H10BrN3O. The van der Waals surface area contributed by atoms with Crippen LogP contribution in [0.2, 0.25) is 0 Å². The van der Waals surface area contributed by atoms with Crippen molar-refractivity contribution in [1.29, 1.82) is 0 Å². The molecular weight excluding hydrogens is 282 g/mol. The Labute approximate surface area is 107 Å². The number of carbonyl (C=O) groups is 1. The highest BCUT2D eigenvalue weighted by molar-refractivity contribution is 9.10. The quantitative estimate of drug-likeness (QED) is 0.926. The normalized spacial score (nSPS) is 10.0. The minimum atomic E-state index is -0.247. The molecule has 0 aliphatic heterocycles. The van der Waals surface area contributed by atoms with E-state index in [4.69, 9.17) is 0 Å². The van der Waals surface area contributed by atoms with Crippen LogP contribution in [0.3, 0.4) is 0 Å². The van der Waals surface area contributed by atoms with Gasteiger partial charge in [0.15, 0.2) is 0 Å². The maximum atomic E-state index is 11.9. The van der Waals surface area contributed by atoms with Crippen LogP contribution in [0.4, 0.5) is 5.69 Å². The summed E-state index contributed by atoms with van der Waals surface area (Å²) in [4.78, 5) is 20.0. The number of aryl methyl sites for hydroxylation is 1. The molecule has 2 rings (SSSR count). The fourth-order valence-corrected chi connectivity index (χ4v) is 1.80. The second-order valence-corrected chi connectivity index (χ2v) is 4.33. The van der Waals surface area contributed by atoms with Crippen molar-refractivity contribution in [2.75, 3.05) is 5.32 Å². The van der Waals surface area contributed by atoms with E-state index in [1.54, 1.807) is 36.7 Å². The molecule has 0 aliphatic rings. The van der Waals surface area contributed by atoms with Crippen LogP contribution < -0.4 is 5.32 Å². The van der Waals surface area contributed by atoms with Crippen LogP contribution >= 0.6 is 15.9 Å². The van der Waals surface area contributed by atoms with Gasteiger partial charge in [0.25, 0.3) is 5.91 Å². The summed E-state index contributed by atoms with van der Waals surface area (Å²) in [6.07, 6.45) is 3.23. The minimum absolute atomic E-state index is 0.247. The molecule has 1 N–H and O–H groups in total. The highest BCUT2D eigenvalue weighted by Crippen LogP contribution is 2.15. The molecule has 0 saturated heterocycles. The fourth-order valence-electron chi connectivity index (χ4n) is 1.37. The summed E-state index contributed by atoms with van der Waals surface area (Å²) >= 11 is 3.29. The van der Waals surface area contributed by atoms with E-state index in [-0.39, 0.29) is 5.91 Å². The molecule has 2 heterocycles. The number of nitrogens with zero attached hydrogens (tertiary/aromatic N) is 2. The summed E-state index contributed by atoms with van der Waals surface area (Å²) in [5.41, 5.74) is 1.92. The Morgan fingerprint density at radius 2 is 2.12 bits per heavy atom. The van der Waals surface area contributed by atoms with Crippen molar-refractivity contribution in [3.63, 3.8) is 0 Å². The van der Waals surface area contributed by atoms with Gasteiger partial charge in [0.1, 0.15) is 5.69 Å². The molecule has 0 radical (unpaired) electrons. The highest BCUT2D eigenvalue weighted by Gasteiger charge is 2.11. The average molecular weight is 292 g/mol. The number of rotatable bonds is 2. The lowest BCUT2D eigenvalue weighted by Gasteiger charge is -2.06. The summed E-state index contributed by atoms with van der Waals surface area (Å²) < 4.78 is 0.670. The average Bonchev–Trinajstić information content (AvgIpc) is 2.29. The summed E-state index contributed by atoms with van der Waals surface area (Å²) in [5.74, 6) is -0.247. The van der Waals surface area contributed by atoms with Gasteiger partial charge < -0.3 is 5.32 Å². The van der Waals surface area contributed by atoms with Crippen LogP contribution in [0.5, 0.6) is 0 Å². The molecule has 0 aliphatic carbocycles. The first-order valence-electron chi connectivity index (χ1n) is 5.01. The number of hydrogen-bond donors (Lipinski definition) is 1. The number of amides is 1. The van der Waals surface area contributed by atoms with Crippen LogP contribution in [0, 0.1) is 6.92 Å². The van der Waals surface area contributed by atoms with Gasteiger partial charge in [-0.1, -0.05) is 0 Å². The number of aromatic nitrogens is 2. The Bertz CT molecular complexity index is 557. The van der Waals surface area contributed by atoms with Gasteiger partial charge >= 0.3 is 0 Å². The number of anilines is 1. The number of nitrogens with one attached hydrogen (secondary N) is 1. The van der Waals surface area contributed by atoms with Crippen LogP contribution in [0.25, 0.3) is 0 Å². The Kier molecular flexibility index (Phi) is 3.49. The largest absolute Gasteiger partial charge is 0.320 e. The smallest absolute Gasteiger partial charge is 0.275 e. The van der Waals surface area contributed by atoms with Gasteiger partial charge in [0, 0.05) is 28.2 Å². The van der Waals surface area contributed by atoms with Gasteiger partial charge in [0.05, 0.1) is 0 Å². The topological polar surface area (TPSA) is 54.9 Å². The van der Waals surface area contributed by atoms with Crippen LogP contribution in [0.1, 0.15) is 16.2 Å². The van der Waals surface area contributed by atoms with Crippen LogP contribution in [-0.4, -0.2) is 15.9 Å². The summed E-state index contributed by atoms with van der Waals surface area (Å²) in [6, 6.07) is 7.08. The third kappa shape index (κ3) is 2.88. The molecule has 0 spiro atoms. The first-order valence-corrected chi connectivity index (χ1v) is 5.80. The van der Waals surface area contributed by atoms with E-state index in [9.17, 15) is 4.79 Å². The maximum absolute atomic E-state index is 11.9. The lowest BCUT2D eigenvalue weighted by atomic mass is 10.3. The van der Waals surface area contributed by atoms with Crippen molar-refractivity contribution in [3.05, 3.63) is 52.5 Å². The number of halogens is 1. The van der Waals surface area contributed by atoms with Gasteiger partial charge in [-0.3, -0.25) is 9.78 Å². The number of carbonyl (C=O) groups excluding carboxylic acids is 1. The van der Waals surface area contributed by atoms with E-state index >= 15 is 0 Å². The number of hydrogen-bond acceptors (Lipinski definition) is 3. The van der Waals surface area contributed by atoms with E-state index in [2.05, 4.69) is 31.2 Å². The van der Waals surface area contributed by atoms with E-state index in [1.165, 1.54) is 0 Å². The maximum Gasteiger partial charge on any atom is 0.275 e. The van der Waals surface area contributed by atoms with Gasteiger partial charge in [-0.25, -0.2) is 4.98 Å². The second-order valence-electron chi connectivity index (χ2n) is 3.47. The molecule has 2 aromatic heterocycles. The van der Waals surface area contributed by atoms with Crippen molar-refractivity contribution in [3.8, 4) is 0 Å². The predicted octanol–water partition coefficient (Wildman–Crippen LogP) is 2.80. The highest BCUT2D eigenvalue weighted by atomic mass is 79.9. The molecule has 0 fully saturated rings. The summed E-state index contributed by atoms with van der Waals surface area (Å²) in [5, 5.41) is 2.77. The SMILES string of the molecule is Cc1cc(NC(=O)c2ncccc2Br)ccn1. The van der Waals surface area contributed by atoms with Crippen molar-refractivity contribution in [2.24, 2.45) is 0 Å². The molecule has 0 bridgehead atoms. The zero-order valence-corrected chi connectivity index (χ0v) is 10.7. The molecule has 4 nitrogen and oxygen atoms in total. The Hall–Kier alpha value is -1.75. The lowest BCUT2D eigenvalue weighted by Crippen LogP contribution is -2.14. The molecule has 5 heteroatoms. The number of pyridine rings is 2. The fraction of sp³-hybridized carbons (Fsp3) is 0.0833. The molecule has 0 saturated carbocycles. The van der Waals surface area contributed by atoms with Crippen molar-refractivity contribution < 1.29 is 4.79 Å². The zero-order valence-electron chi connectivity index (χ0n) is 9.14. The second kappa shape index (κ2) is 5.05. The van der Waals surface area contributed by atoms with Gasteiger partial charge in [0.2, 0.25) is 0 Å². The Morgan fingerprint density at radius 1 is 1.29 bits per heavy atom. The Morgan fingerprint density at radius 3 is 2.82 bits per heavy atom. The first-order chi connectivity index (χ1) is 8.16. The third-order valence-corrected chi connectivity index (χ3v) is 2.77. The van der Waals surface area contributed by atoms with Crippen LogP contribution in [0.15, 0.2) is 41.1 Å². The molecule has 86 valence electrons. The summed E-state index contributed by atoms with van der Waals surface area (Å²) in [6.45, 7) is 1.87. The standard InChI is InChI=1S/C12H10BrN3O/c1-8-7-9(4-6-14-8)16-12(17)11-10(13)3-2-5-15-11/h2-7H,1H3,(H,14,16,17). The van der Waals surface area contributed by atoms with Crippen molar-refractivity contribution >= 4 is 27.5 Å². The molecule has 0 unspecified atom stereocenters. The summed E-state index contributed by atoms with van der Waals surface area (Å²) in [7, 11) is 0. The first kappa shape index (κ1) is 11.7. The zero-order chi connectivity index (χ0) is 12.3. The molecule has 0 atom stereocenters. The molecule has 2 aromatic rings. The van der Waals surface area contributed by atoms with E-state index in [0.29, 0.717) is 15.9 Å². The molecule has 0 aromatic carbocycles. The monoisotopic (exact) mass is 291 g/mol. The van der Waals surface area contributed by atoms with Gasteiger partial charge in [-0.15, -0.1) is 0 Å².